The van der Waals surface area contributed by atoms with E-state index in [4.69, 9.17) is 11.6 Å². The second kappa shape index (κ2) is 6.58. The lowest BCUT2D eigenvalue weighted by Crippen LogP contribution is -2.38. The zero-order chi connectivity index (χ0) is 14.7. The van der Waals surface area contributed by atoms with E-state index in [0.29, 0.717) is 11.7 Å². The van der Waals surface area contributed by atoms with Crippen molar-refractivity contribution >= 4 is 28.5 Å². The van der Waals surface area contributed by atoms with Gasteiger partial charge in [0, 0.05) is 19.1 Å². The van der Waals surface area contributed by atoms with Gasteiger partial charge >= 0.3 is 0 Å². The van der Waals surface area contributed by atoms with Gasteiger partial charge in [-0.15, -0.1) is 0 Å². The number of piperidine rings is 1. The number of aromatic nitrogens is 4. The first kappa shape index (κ1) is 14.5. The lowest BCUT2D eigenvalue weighted by atomic mass is 10.0. The molecule has 21 heavy (non-hydrogen) atoms. The molecular formula is C14H21ClN6. The van der Waals surface area contributed by atoms with Crippen LogP contribution in [0.2, 0.25) is 5.28 Å². The number of likely N-dealkylation sites (tertiary alicyclic amines) is 1. The molecule has 1 fully saturated rings. The standard InChI is InChI=1S/C14H21ClN6/c1-10-5-2-3-7-21(10)8-4-6-16-12-11-9-17-20-13(11)19-14(15)18-12/h9-10H,2-8H2,1H3,(H2,16,17,18,19,20). The number of H-pyrrole nitrogens is 1. The maximum Gasteiger partial charge on any atom is 0.226 e. The Morgan fingerprint density at radius 2 is 2.33 bits per heavy atom. The predicted octanol–water partition coefficient (Wildman–Crippen LogP) is 2.68. The van der Waals surface area contributed by atoms with E-state index < -0.39 is 0 Å². The third-order valence-electron chi connectivity index (χ3n) is 4.14. The quantitative estimate of drug-likeness (QED) is 0.656. The highest BCUT2D eigenvalue weighted by Gasteiger charge is 2.17. The Hall–Kier alpha value is -1.40. The second-order valence-corrected chi connectivity index (χ2v) is 5.97. The molecule has 1 saturated heterocycles. The monoisotopic (exact) mass is 308 g/mol. The van der Waals surface area contributed by atoms with Gasteiger partial charge in [0.1, 0.15) is 5.82 Å². The summed E-state index contributed by atoms with van der Waals surface area (Å²) in [6.07, 6.45) is 6.83. The summed E-state index contributed by atoms with van der Waals surface area (Å²) in [5, 5.41) is 11.3. The second-order valence-electron chi connectivity index (χ2n) is 5.63. The molecular weight excluding hydrogens is 288 g/mol. The number of rotatable bonds is 5. The van der Waals surface area contributed by atoms with Crippen molar-refractivity contribution in [2.24, 2.45) is 0 Å². The third-order valence-corrected chi connectivity index (χ3v) is 4.31. The zero-order valence-corrected chi connectivity index (χ0v) is 13.0. The number of anilines is 1. The highest BCUT2D eigenvalue weighted by molar-refractivity contribution is 6.28. The summed E-state index contributed by atoms with van der Waals surface area (Å²) in [7, 11) is 0. The lowest BCUT2D eigenvalue weighted by Gasteiger charge is -2.33. The van der Waals surface area contributed by atoms with Crippen molar-refractivity contribution in [3.8, 4) is 0 Å². The molecule has 0 saturated carbocycles. The summed E-state index contributed by atoms with van der Waals surface area (Å²) in [5.41, 5.74) is 0.669. The zero-order valence-electron chi connectivity index (χ0n) is 12.3. The Morgan fingerprint density at radius 3 is 3.19 bits per heavy atom. The highest BCUT2D eigenvalue weighted by atomic mass is 35.5. The molecule has 0 aromatic carbocycles. The summed E-state index contributed by atoms with van der Waals surface area (Å²) >= 11 is 5.92. The van der Waals surface area contributed by atoms with E-state index in [1.807, 2.05) is 0 Å². The van der Waals surface area contributed by atoms with Gasteiger partial charge in [-0.3, -0.25) is 5.10 Å². The Labute approximate surface area is 129 Å². The normalized spacial score (nSPS) is 20.0. The van der Waals surface area contributed by atoms with Gasteiger partial charge in [0.15, 0.2) is 5.65 Å². The fourth-order valence-corrected chi connectivity index (χ4v) is 3.09. The van der Waals surface area contributed by atoms with E-state index in [1.165, 1.54) is 25.8 Å². The summed E-state index contributed by atoms with van der Waals surface area (Å²) in [6.45, 7) is 5.55. The number of hydrogen-bond acceptors (Lipinski definition) is 5. The van der Waals surface area contributed by atoms with Crippen LogP contribution in [-0.4, -0.2) is 50.7 Å². The summed E-state index contributed by atoms with van der Waals surface area (Å²) in [4.78, 5) is 10.9. The molecule has 114 valence electrons. The molecule has 2 aromatic heterocycles. The van der Waals surface area contributed by atoms with E-state index in [0.717, 1.165) is 30.7 Å². The molecule has 0 aliphatic carbocycles. The van der Waals surface area contributed by atoms with E-state index in [2.05, 4.69) is 37.3 Å². The van der Waals surface area contributed by atoms with Gasteiger partial charge in [0.25, 0.3) is 0 Å². The van der Waals surface area contributed by atoms with Crippen LogP contribution >= 0.6 is 11.6 Å². The van der Waals surface area contributed by atoms with Crippen LogP contribution < -0.4 is 5.32 Å². The van der Waals surface area contributed by atoms with Crippen LogP contribution in [-0.2, 0) is 0 Å². The molecule has 1 aliphatic rings. The van der Waals surface area contributed by atoms with Crippen molar-refractivity contribution in [2.75, 3.05) is 25.0 Å². The van der Waals surface area contributed by atoms with Crippen LogP contribution in [0.15, 0.2) is 6.20 Å². The van der Waals surface area contributed by atoms with Crippen LogP contribution in [0.4, 0.5) is 5.82 Å². The van der Waals surface area contributed by atoms with Crippen LogP contribution in [0.1, 0.15) is 32.6 Å². The van der Waals surface area contributed by atoms with Crippen molar-refractivity contribution in [3.05, 3.63) is 11.5 Å². The highest BCUT2D eigenvalue weighted by Crippen LogP contribution is 2.20. The Balaban J connectivity index is 1.53. The predicted molar refractivity (Wildman–Crippen MR) is 84.7 cm³/mol. The fourth-order valence-electron chi connectivity index (χ4n) is 2.92. The number of hydrogen-bond donors (Lipinski definition) is 2. The number of fused-ring (bicyclic) bond motifs is 1. The van der Waals surface area contributed by atoms with E-state index >= 15 is 0 Å². The molecule has 0 amide bonds. The molecule has 0 bridgehead atoms. The van der Waals surface area contributed by atoms with Gasteiger partial charge in [-0.05, 0) is 44.3 Å². The Kier molecular flexibility index (Phi) is 4.55. The topological polar surface area (TPSA) is 69.7 Å². The molecule has 2 N–H and O–H groups in total. The molecule has 1 atom stereocenters. The first-order chi connectivity index (χ1) is 10.2. The van der Waals surface area contributed by atoms with Crippen LogP contribution in [0.3, 0.4) is 0 Å². The molecule has 2 aromatic rings. The van der Waals surface area contributed by atoms with Crippen molar-refractivity contribution in [2.45, 2.75) is 38.6 Å². The fraction of sp³-hybridized carbons (Fsp3) is 0.643. The number of nitrogens with zero attached hydrogens (tertiary/aromatic N) is 4. The molecule has 3 rings (SSSR count). The van der Waals surface area contributed by atoms with Crippen molar-refractivity contribution in [3.63, 3.8) is 0 Å². The Morgan fingerprint density at radius 1 is 1.43 bits per heavy atom. The van der Waals surface area contributed by atoms with E-state index in [-0.39, 0.29) is 5.28 Å². The lowest BCUT2D eigenvalue weighted by molar-refractivity contribution is 0.160. The van der Waals surface area contributed by atoms with E-state index in [1.54, 1.807) is 6.20 Å². The van der Waals surface area contributed by atoms with Crippen LogP contribution in [0.5, 0.6) is 0 Å². The third kappa shape index (κ3) is 3.44. The number of nitrogens with one attached hydrogen (secondary N) is 2. The van der Waals surface area contributed by atoms with Crippen molar-refractivity contribution in [1.82, 2.24) is 25.1 Å². The van der Waals surface area contributed by atoms with Crippen molar-refractivity contribution < 1.29 is 0 Å². The average molecular weight is 309 g/mol. The first-order valence-electron chi connectivity index (χ1n) is 7.58. The van der Waals surface area contributed by atoms with Gasteiger partial charge in [0.05, 0.1) is 11.6 Å². The number of halogens is 1. The average Bonchev–Trinajstić information content (AvgIpc) is 2.93. The molecule has 7 heteroatoms. The molecule has 1 unspecified atom stereocenters. The molecule has 1 aliphatic heterocycles. The maximum atomic E-state index is 5.92. The smallest absolute Gasteiger partial charge is 0.226 e. The maximum absolute atomic E-state index is 5.92. The van der Waals surface area contributed by atoms with Crippen LogP contribution in [0, 0.1) is 0 Å². The summed E-state index contributed by atoms with van der Waals surface area (Å²) in [6, 6.07) is 0.716. The Bertz CT molecular complexity index is 598. The van der Waals surface area contributed by atoms with Crippen LogP contribution in [0.25, 0.3) is 11.0 Å². The van der Waals surface area contributed by atoms with Crippen molar-refractivity contribution in [1.29, 1.82) is 0 Å². The molecule has 6 nitrogen and oxygen atoms in total. The number of aromatic amines is 1. The van der Waals surface area contributed by atoms with Gasteiger partial charge in [-0.1, -0.05) is 6.42 Å². The summed E-state index contributed by atoms with van der Waals surface area (Å²) < 4.78 is 0. The van der Waals surface area contributed by atoms with Gasteiger partial charge in [0.2, 0.25) is 5.28 Å². The van der Waals surface area contributed by atoms with Gasteiger partial charge < -0.3 is 10.2 Å². The molecule has 3 heterocycles. The summed E-state index contributed by atoms with van der Waals surface area (Å²) in [5.74, 6) is 0.755. The molecule has 0 radical (unpaired) electrons. The largest absolute Gasteiger partial charge is 0.369 e. The first-order valence-corrected chi connectivity index (χ1v) is 7.96. The van der Waals surface area contributed by atoms with Gasteiger partial charge in [-0.2, -0.15) is 15.1 Å². The minimum Gasteiger partial charge on any atom is -0.369 e. The van der Waals surface area contributed by atoms with Gasteiger partial charge in [-0.25, -0.2) is 0 Å². The minimum atomic E-state index is 0.235. The molecule has 0 spiro atoms. The minimum absolute atomic E-state index is 0.235. The SMILES string of the molecule is CC1CCCCN1CCCNc1nc(Cl)nc2[nH]ncc12. The van der Waals surface area contributed by atoms with E-state index in [9.17, 15) is 0 Å².